The minimum absolute atomic E-state index is 0.246. The Morgan fingerprint density at radius 2 is 1.91 bits per heavy atom. The Morgan fingerprint density at radius 1 is 1.27 bits per heavy atom. The highest BCUT2D eigenvalue weighted by atomic mass is 16.1. The smallest absolute Gasteiger partial charge is 0.165 e. The van der Waals surface area contributed by atoms with Crippen molar-refractivity contribution in [3.05, 3.63) is 41.6 Å². The second-order valence-corrected chi connectivity index (χ2v) is 2.17. The molecule has 0 aliphatic carbocycles. The highest BCUT2D eigenvalue weighted by Crippen LogP contribution is 2.01. The quantitative estimate of drug-likeness (QED) is 0.504. The largest absolute Gasteiger partial charge is 0.396 e. The Hall–Kier alpha value is -1.57. The molecule has 0 amide bonds. The van der Waals surface area contributed by atoms with Crippen molar-refractivity contribution in [2.45, 2.75) is 0 Å². The molecule has 0 unspecified atom stereocenters. The average molecular weight is 147 g/mol. The summed E-state index contributed by atoms with van der Waals surface area (Å²) in [6.45, 7) is 0. The lowest BCUT2D eigenvalue weighted by atomic mass is 10.2. The van der Waals surface area contributed by atoms with Gasteiger partial charge in [0.1, 0.15) is 0 Å². The zero-order valence-electron chi connectivity index (χ0n) is 6.03. The Morgan fingerprint density at radius 3 is 2.45 bits per heavy atom. The van der Waals surface area contributed by atoms with Gasteiger partial charge in [0, 0.05) is 0 Å². The second-order valence-electron chi connectivity index (χ2n) is 2.17. The van der Waals surface area contributed by atoms with Gasteiger partial charge in [-0.15, -0.1) is 0 Å². The van der Waals surface area contributed by atoms with Crippen LogP contribution in [0.5, 0.6) is 0 Å². The Labute approximate surface area is 65.3 Å². The number of carbonyl (C=O) groups excluding carboxylic acids is 1. The van der Waals surface area contributed by atoms with E-state index in [2.05, 4.69) is 0 Å². The molecule has 0 saturated heterocycles. The molecule has 0 aliphatic rings. The van der Waals surface area contributed by atoms with Gasteiger partial charge in [0.05, 0.1) is 5.70 Å². The van der Waals surface area contributed by atoms with E-state index in [9.17, 15) is 4.79 Å². The van der Waals surface area contributed by atoms with Crippen LogP contribution in [0.3, 0.4) is 0 Å². The van der Waals surface area contributed by atoms with Gasteiger partial charge in [-0.3, -0.25) is 4.79 Å². The first kappa shape index (κ1) is 7.54. The number of hydrogen-bond donors (Lipinski definition) is 1. The van der Waals surface area contributed by atoms with E-state index in [1.807, 2.05) is 30.3 Å². The number of rotatable bonds is 2. The molecule has 0 spiro atoms. The van der Waals surface area contributed by atoms with Crippen LogP contribution < -0.4 is 5.73 Å². The summed E-state index contributed by atoms with van der Waals surface area (Å²) >= 11 is 0. The molecule has 1 rings (SSSR count). The summed E-state index contributed by atoms with van der Waals surface area (Å²) in [6.07, 6.45) is 2.26. The third-order valence-corrected chi connectivity index (χ3v) is 1.27. The minimum Gasteiger partial charge on any atom is -0.396 e. The van der Waals surface area contributed by atoms with Gasteiger partial charge in [0.25, 0.3) is 0 Å². The Balaban J connectivity index is 2.87. The number of aldehydes is 1. The summed E-state index contributed by atoms with van der Waals surface area (Å²) in [5, 5.41) is 0. The molecule has 0 radical (unpaired) electrons. The van der Waals surface area contributed by atoms with E-state index in [0.29, 0.717) is 6.29 Å². The van der Waals surface area contributed by atoms with Crippen LogP contribution in [0.15, 0.2) is 36.0 Å². The van der Waals surface area contributed by atoms with Gasteiger partial charge in [0.2, 0.25) is 0 Å². The summed E-state index contributed by atoms with van der Waals surface area (Å²) in [4.78, 5) is 10.1. The standard InChI is InChI=1S/C9H9NO/c10-9(7-11)6-8-4-2-1-3-5-8/h1-7H,10H2. The molecule has 1 aromatic carbocycles. The van der Waals surface area contributed by atoms with Crippen LogP contribution in [0.4, 0.5) is 0 Å². The molecule has 2 heteroatoms. The third-order valence-electron chi connectivity index (χ3n) is 1.27. The first-order chi connectivity index (χ1) is 5.33. The van der Waals surface area contributed by atoms with E-state index in [4.69, 9.17) is 5.73 Å². The number of benzene rings is 1. The first-order valence-electron chi connectivity index (χ1n) is 3.30. The maximum Gasteiger partial charge on any atom is 0.165 e. The molecule has 0 fully saturated rings. The molecule has 2 N–H and O–H groups in total. The lowest BCUT2D eigenvalue weighted by Gasteiger charge is -1.91. The normalized spacial score (nSPS) is 11.1. The minimum atomic E-state index is 0.246. The zero-order valence-corrected chi connectivity index (χ0v) is 6.03. The van der Waals surface area contributed by atoms with Gasteiger partial charge in [-0.1, -0.05) is 30.3 Å². The first-order valence-corrected chi connectivity index (χ1v) is 3.30. The summed E-state index contributed by atoms with van der Waals surface area (Å²) in [5.74, 6) is 0. The van der Waals surface area contributed by atoms with Crippen LogP contribution in [0.1, 0.15) is 5.56 Å². The Bertz CT molecular complexity index is 264. The van der Waals surface area contributed by atoms with Crippen LogP contribution in [-0.2, 0) is 4.79 Å². The third kappa shape index (κ3) is 2.26. The van der Waals surface area contributed by atoms with Crippen molar-refractivity contribution in [2.24, 2.45) is 5.73 Å². The van der Waals surface area contributed by atoms with Crippen LogP contribution in [0, 0.1) is 0 Å². The van der Waals surface area contributed by atoms with Crippen molar-refractivity contribution in [1.29, 1.82) is 0 Å². The number of allylic oxidation sites excluding steroid dienone is 1. The van der Waals surface area contributed by atoms with Gasteiger partial charge in [0.15, 0.2) is 6.29 Å². The van der Waals surface area contributed by atoms with Crippen LogP contribution in [0.2, 0.25) is 0 Å². The fourth-order valence-electron chi connectivity index (χ4n) is 0.776. The van der Waals surface area contributed by atoms with E-state index in [0.717, 1.165) is 5.56 Å². The monoisotopic (exact) mass is 147 g/mol. The van der Waals surface area contributed by atoms with Crippen molar-refractivity contribution in [3.8, 4) is 0 Å². The predicted octanol–water partition coefficient (Wildman–Crippen LogP) is 1.19. The van der Waals surface area contributed by atoms with Gasteiger partial charge in [-0.25, -0.2) is 0 Å². The number of nitrogens with two attached hydrogens (primary N) is 1. The van der Waals surface area contributed by atoms with Crippen molar-refractivity contribution in [2.75, 3.05) is 0 Å². The van der Waals surface area contributed by atoms with E-state index in [1.54, 1.807) is 6.08 Å². The Kier molecular flexibility index (Phi) is 2.44. The molecule has 0 atom stereocenters. The molecule has 1 aromatic rings. The maximum absolute atomic E-state index is 10.1. The van der Waals surface area contributed by atoms with Gasteiger partial charge < -0.3 is 5.73 Å². The van der Waals surface area contributed by atoms with Crippen molar-refractivity contribution < 1.29 is 4.79 Å². The second kappa shape index (κ2) is 3.56. The van der Waals surface area contributed by atoms with Gasteiger partial charge in [-0.2, -0.15) is 0 Å². The molecule has 56 valence electrons. The summed E-state index contributed by atoms with van der Waals surface area (Å²) < 4.78 is 0. The molecule has 11 heavy (non-hydrogen) atoms. The lowest BCUT2D eigenvalue weighted by Crippen LogP contribution is -1.96. The van der Waals surface area contributed by atoms with Crippen molar-refractivity contribution in [3.63, 3.8) is 0 Å². The number of hydrogen-bond acceptors (Lipinski definition) is 2. The van der Waals surface area contributed by atoms with Crippen molar-refractivity contribution >= 4 is 12.4 Å². The fourth-order valence-corrected chi connectivity index (χ4v) is 0.776. The highest BCUT2D eigenvalue weighted by molar-refractivity contribution is 5.80. The maximum atomic E-state index is 10.1. The molecule has 0 bridgehead atoms. The van der Waals surface area contributed by atoms with E-state index in [1.165, 1.54) is 0 Å². The average Bonchev–Trinajstić information content (AvgIpc) is 2.06. The van der Waals surface area contributed by atoms with Gasteiger partial charge in [-0.05, 0) is 11.6 Å². The lowest BCUT2D eigenvalue weighted by molar-refractivity contribution is -0.104. The molecular weight excluding hydrogens is 138 g/mol. The van der Waals surface area contributed by atoms with Crippen LogP contribution >= 0.6 is 0 Å². The molecule has 0 aliphatic heterocycles. The topological polar surface area (TPSA) is 43.1 Å². The van der Waals surface area contributed by atoms with Crippen LogP contribution in [0.25, 0.3) is 6.08 Å². The SMILES string of the molecule is NC(C=O)=Cc1ccccc1. The summed E-state index contributed by atoms with van der Waals surface area (Å²) in [5.41, 5.74) is 6.49. The van der Waals surface area contributed by atoms with Gasteiger partial charge >= 0.3 is 0 Å². The summed E-state index contributed by atoms with van der Waals surface area (Å²) in [7, 11) is 0. The van der Waals surface area contributed by atoms with Crippen LogP contribution in [-0.4, -0.2) is 6.29 Å². The predicted molar refractivity (Wildman–Crippen MR) is 44.7 cm³/mol. The van der Waals surface area contributed by atoms with Crippen molar-refractivity contribution in [1.82, 2.24) is 0 Å². The zero-order chi connectivity index (χ0) is 8.10. The highest BCUT2D eigenvalue weighted by Gasteiger charge is 1.86. The van der Waals surface area contributed by atoms with E-state index < -0.39 is 0 Å². The molecule has 0 heterocycles. The molecular formula is C9H9NO. The summed E-state index contributed by atoms with van der Waals surface area (Å²) in [6, 6.07) is 9.47. The molecule has 0 aromatic heterocycles. The van der Waals surface area contributed by atoms with E-state index in [-0.39, 0.29) is 5.70 Å². The fraction of sp³-hybridized carbons (Fsp3) is 0. The number of carbonyl (C=O) groups is 1. The molecule has 2 nitrogen and oxygen atoms in total. The van der Waals surface area contributed by atoms with E-state index >= 15 is 0 Å². The molecule has 0 saturated carbocycles.